The molecule has 0 amide bonds. The third-order valence-corrected chi connectivity index (χ3v) is 5.13. The Balaban J connectivity index is 0.000000211. The van der Waals surface area contributed by atoms with Gasteiger partial charge in [-0.1, -0.05) is 23.1 Å². The first-order valence-electron chi connectivity index (χ1n) is 6.50. The highest BCUT2D eigenvalue weighted by Crippen LogP contribution is 2.20. The van der Waals surface area contributed by atoms with Crippen molar-refractivity contribution in [1.82, 2.24) is 7.91 Å². The third kappa shape index (κ3) is 5.13. The number of halogens is 1. The Hall–Kier alpha value is -0.850. The molecule has 0 aliphatic carbocycles. The second kappa shape index (κ2) is 6.50. The fourth-order valence-electron chi connectivity index (χ4n) is 1.54. The molecule has 0 atom stereocenters. The average molecular weight is 349 g/mol. The van der Waals surface area contributed by atoms with E-state index in [1.165, 1.54) is 29.1 Å². The summed E-state index contributed by atoms with van der Waals surface area (Å²) in [5.41, 5.74) is -0.148. The van der Waals surface area contributed by atoms with Gasteiger partial charge in [-0.25, -0.2) is 0 Å². The summed E-state index contributed by atoms with van der Waals surface area (Å²) in [6, 6.07) is 3.04. The molecule has 7 heteroatoms. The number of hydrogen-bond acceptors (Lipinski definition) is 4. The Bertz CT molecular complexity index is 696. The van der Waals surface area contributed by atoms with E-state index < -0.39 is 0 Å². The molecule has 0 aromatic carbocycles. The van der Waals surface area contributed by atoms with Crippen LogP contribution in [0.5, 0.6) is 0 Å². The van der Waals surface area contributed by atoms with Crippen LogP contribution in [0, 0.1) is 0 Å². The standard InChI is InChI=1S/C7H10ClNOS.C7H11NOS/c1-7(2,3)9-6(10)4-5(8)11-9;1-7(2,3)8-6(9)4-5-10-8/h4H,1-3H3;4-5H,1-3H3. The minimum absolute atomic E-state index is 0.0208. The van der Waals surface area contributed by atoms with Crippen LogP contribution in [0.4, 0.5) is 0 Å². The first-order chi connectivity index (χ1) is 9.43. The largest absolute Gasteiger partial charge is 0.268 e. The highest BCUT2D eigenvalue weighted by molar-refractivity contribution is 7.11. The van der Waals surface area contributed by atoms with Crippen LogP contribution in [0.3, 0.4) is 0 Å². The molecule has 0 fully saturated rings. The van der Waals surface area contributed by atoms with Crippen LogP contribution in [0.2, 0.25) is 4.34 Å². The van der Waals surface area contributed by atoms with Crippen LogP contribution < -0.4 is 11.1 Å². The molecule has 0 saturated heterocycles. The van der Waals surface area contributed by atoms with E-state index in [2.05, 4.69) is 0 Å². The maximum atomic E-state index is 11.2. The summed E-state index contributed by atoms with van der Waals surface area (Å²) in [4.78, 5) is 22.2. The van der Waals surface area contributed by atoms with Gasteiger partial charge in [0, 0.05) is 17.5 Å². The average Bonchev–Trinajstić information content (AvgIpc) is 2.83. The van der Waals surface area contributed by atoms with Crippen LogP contribution in [0.25, 0.3) is 0 Å². The lowest BCUT2D eigenvalue weighted by Crippen LogP contribution is -2.28. The molecule has 0 radical (unpaired) electrons. The van der Waals surface area contributed by atoms with Gasteiger partial charge in [-0.3, -0.25) is 17.5 Å². The van der Waals surface area contributed by atoms with Crippen LogP contribution in [-0.2, 0) is 11.1 Å². The fraction of sp³-hybridized carbons (Fsp3) is 0.571. The van der Waals surface area contributed by atoms with Crippen molar-refractivity contribution in [2.24, 2.45) is 0 Å². The topological polar surface area (TPSA) is 44.0 Å². The monoisotopic (exact) mass is 348 g/mol. The molecule has 2 aromatic rings. The molecular weight excluding hydrogens is 328 g/mol. The van der Waals surface area contributed by atoms with E-state index in [1.807, 2.05) is 46.9 Å². The van der Waals surface area contributed by atoms with Gasteiger partial charge in [0.2, 0.25) is 0 Å². The van der Waals surface area contributed by atoms with Crippen molar-refractivity contribution in [3.8, 4) is 0 Å². The Morgan fingerprint density at radius 1 is 0.952 bits per heavy atom. The maximum absolute atomic E-state index is 11.2. The number of nitrogens with zero attached hydrogens (tertiary/aromatic N) is 2. The van der Waals surface area contributed by atoms with E-state index in [0.717, 1.165) is 0 Å². The van der Waals surface area contributed by atoms with Crippen LogP contribution >= 0.6 is 34.7 Å². The zero-order valence-electron chi connectivity index (χ0n) is 13.1. The minimum atomic E-state index is -0.158. The van der Waals surface area contributed by atoms with Crippen molar-refractivity contribution in [1.29, 1.82) is 0 Å². The molecule has 0 N–H and O–H groups in total. The molecule has 4 nitrogen and oxygen atoms in total. The van der Waals surface area contributed by atoms with Gasteiger partial charge in [-0.2, -0.15) is 0 Å². The zero-order chi connectivity index (χ0) is 16.4. The summed E-state index contributed by atoms with van der Waals surface area (Å²) in [5.74, 6) is 0. The van der Waals surface area contributed by atoms with E-state index in [4.69, 9.17) is 11.6 Å². The Kier molecular flexibility index (Phi) is 5.63. The number of aromatic nitrogens is 2. The van der Waals surface area contributed by atoms with Crippen molar-refractivity contribution in [3.05, 3.63) is 42.6 Å². The molecular formula is C14H21ClN2O2S2. The summed E-state index contributed by atoms with van der Waals surface area (Å²) in [6.45, 7) is 12.0. The highest BCUT2D eigenvalue weighted by Gasteiger charge is 2.16. The van der Waals surface area contributed by atoms with Gasteiger partial charge < -0.3 is 0 Å². The van der Waals surface area contributed by atoms with Crippen molar-refractivity contribution in [2.45, 2.75) is 52.6 Å². The minimum Gasteiger partial charge on any atom is -0.268 e. The molecule has 2 heterocycles. The predicted molar refractivity (Wildman–Crippen MR) is 92.2 cm³/mol. The molecule has 2 aromatic heterocycles. The second-order valence-electron chi connectivity index (χ2n) is 6.55. The van der Waals surface area contributed by atoms with E-state index in [-0.39, 0.29) is 22.2 Å². The predicted octanol–water partition coefficient (Wildman–Crippen LogP) is 3.98. The third-order valence-electron chi connectivity index (χ3n) is 2.41. The van der Waals surface area contributed by atoms with E-state index in [0.29, 0.717) is 4.34 Å². The van der Waals surface area contributed by atoms with E-state index >= 15 is 0 Å². The molecule has 0 aliphatic rings. The lowest BCUT2D eigenvalue weighted by atomic mass is 10.1. The van der Waals surface area contributed by atoms with Crippen LogP contribution in [0.15, 0.2) is 27.1 Å². The first kappa shape index (κ1) is 18.2. The Morgan fingerprint density at radius 3 is 1.67 bits per heavy atom. The summed E-state index contributed by atoms with van der Waals surface area (Å²) in [6.07, 6.45) is 0. The van der Waals surface area contributed by atoms with Crippen molar-refractivity contribution in [3.63, 3.8) is 0 Å². The van der Waals surface area contributed by atoms with E-state index in [9.17, 15) is 9.59 Å². The highest BCUT2D eigenvalue weighted by atomic mass is 35.5. The lowest BCUT2D eigenvalue weighted by Gasteiger charge is -2.17. The van der Waals surface area contributed by atoms with Crippen molar-refractivity contribution < 1.29 is 0 Å². The van der Waals surface area contributed by atoms with Gasteiger partial charge >= 0.3 is 0 Å². The van der Waals surface area contributed by atoms with Gasteiger partial charge in [-0.05, 0) is 53.1 Å². The molecule has 0 aliphatic heterocycles. The first-order valence-corrected chi connectivity index (χ1v) is 8.48. The number of hydrogen-bond donors (Lipinski definition) is 0. The van der Waals surface area contributed by atoms with Gasteiger partial charge in [0.05, 0.1) is 11.1 Å². The second-order valence-corrected chi connectivity index (χ2v) is 9.02. The van der Waals surface area contributed by atoms with Gasteiger partial charge in [0.15, 0.2) is 0 Å². The van der Waals surface area contributed by atoms with Gasteiger partial charge in [-0.15, -0.1) is 0 Å². The molecule has 21 heavy (non-hydrogen) atoms. The summed E-state index contributed by atoms with van der Waals surface area (Å²) >= 11 is 8.42. The lowest BCUT2D eigenvalue weighted by molar-refractivity contribution is 0.419. The molecule has 0 spiro atoms. The van der Waals surface area contributed by atoms with E-state index in [1.54, 1.807) is 14.0 Å². The Labute approximate surface area is 137 Å². The quantitative estimate of drug-likeness (QED) is 0.722. The molecule has 0 bridgehead atoms. The number of rotatable bonds is 0. The summed E-state index contributed by atoms with van der Waals surface area (Å²) in [7, 11) is 0. The van der Waals surface area contributed by atoms with Crippen LogP contribution in [0.1, 0.15) is 41.5 Å². The fourth-order valence-corrected chi connectivity index (χ4v) is 3.36. The van der Waals surface area contributed by atoms with Crippen molar-refractivity contribution in [2.75, 3.05) is 0 Å². The molecule has 2 rings (SSSR count). The normalized spacial score (nSPS) is 12.0. The maximum Gasteiger partial charge on any atom is 0.262 e. The van der Waals surface area contributed by atoms with Gasteiger partial charge in [0.1, 0.15) is 4.34 Å². The van der Waals surface area contributed by atoms with Crippen LogP contribution in [-0.4, -0.2) is 7.91 Å². The summed E-state index contributed by atoms with van der Waals surface area (Å²) < 4.78 is 3.97. The zero-order valence-corrected chi connectivity index (χ0v) is 15.5. The molecule has 0 unspecified atom stereocenters. The smallest absolute Gasteiger partial charge is 0.262 e. The van der Waals surface area contributed by atoms with Crippen molar-refractivity contribution >= 4 is 34.7 Å². The van der Waals surface area contributed by atoms with Gasteiger partial charge in [0.25, 0.3) is 11.1 Å². The summed E-state index contributed by atoms with van der Waals surface area (Å²) in [5, 5.41) is 1.81. The molecule has 118 valence electrons. The Morgan fingerprint density at radius 2 is 1.48 bits per heavy atom. The SMILES string of the molecule is CC(C)(C)n1sc(Cl)cc1=O.CC(C)(C)n1sccc1=O. The molecule has 0 saturated carbocycles.